The van der Waals surface area contributed by atoms with Crippen LogP contribution in [0.4, 0.5) is 0 Å². The van der Waals surface area contributed by atoms with Crippen molar-refractivity contribution in [1.82, 2.24) is 0 Å². The maximum atomic E-state index is 3.25. The molecule has 2 aromatic carbocycles. The molecule has 0 aromatic heterocycles. The predicted molar refractivity (Wildman–Crippen MR) is 77.6 cm³/mol. The summed E-state index contributed by atoms with van der Waals surface area (Å²) in [5, 5.41) is 0. The summed E-state index contributed by atoms with van der Waals surface area (Å²) in [6.45, 7) is 4.29. The fraction of sp³-hybridized carbons (Fsp3) is 0.222. The van der Waals surface area contributed by atoms with Gasteiger partial charge in [-0.2, -0.15) is 0 Å². The zero-order valence-electron chi connectivity index (χ0n) is 11.0. The summed E-state index contributed by atoms with van der Waals surface area (Å²) in [7, 11) is 0. The van der Waals surface area contributed by atoms with E-state index in [2.05, 4.69) is 62.1 Å². The van der Waals surface area contributed by atoms with Crippen LogP contribution in [0.5, 0.6) is 0 Å². The Bertz CT molecular complexity index is 582. The van der Waals surface area contributed by atoms with Gasteiger partial charge in [-0.15, -0.1) is 0 Å². The molecule has 0 fully saturated rings. The molecule has 0 aliphatic heterocycles. The van der Waals surface area contributed by atoms with Gasteiger partial charge in [0.1, 0.15) is 0 Å². The lowest BCUT2D eigenvalue weighted by molar-refractivity contribution is 0.921. The van der Waals surface area contributed by atoms with Gasteiger partial charge in [0, 0.05) is 11.1 Å². The first-order valence-electron chi connectivity index (χ1n) is 6.46. The number of hydrogen-bond donors (Lipinski definition) is 0. The van der Waals surface area contributed by atoms with Crippen molar-refractivity contribution < 1.29 is 0 Å². The minimum absolute atomic E-state index is 1.10. The molecule has 0 heterocycles. The molecule has 0 bridgehead atoms. The molecule has 0 nitrogen and oxygen atoms in total. The molecule has 90 valence electrons. The molecule has 2 rings (SSSR count). The van der Waals surface area contributed by atoms with Crippen molar-refractivity contribution >= 4 is 0 Å². The molecule has 2 aromatic rings. The summed E-state index contributed by atoms with van der Waals surface area (Å²) in [5.41, 5.74) is 4.81. The maximum Gasteiger partial charge on any atom is 0.0278 e. The highest BCUT2D eigenvalue weighted by Crippen LogP contribution is 2.08. The van der Waals surface area contributed by atoms with Crippen LogP contribution >= 0.6 is 0 Å². The van der Waals surface area contributed by atoms with Crippen molar-refractivity contribution in [2.75, 3.05) is 0 Å². The molecule has 0 saturated heterocycles. The van der Waals surface area contributed by atoms with E-state index in [1.807, 2.05) is 12.1 Å². The van der Waals surface area contributed by atoms with Gasteiger partial charge in [0.15, 0.2) is 0 Å². The van der Waals surface area contributed by atoms with Crippen LogP contribution in [-0.2, 0) is 6.42 Å². The van der Waals surface area contributed by atoms with Crippen molar-refractivity contribution in [2.24, 2.45) is 0 Å². The summed E-state index contributed by atoms with van der Waals surface area (Å²) in [6.07, 6.45) is 2.30. The number of hydrogen-bond acceptors (Lipinski definition) is 0. The van der Waals surface area contributed by atoms with E-state index in [9.17, 15) is 0 Å². The Morgan fingerprint density at radius 2 is 1.78 bits per heavy atom. The quantitative estimate of drug-likeness (QED) is 0.678. The standard InChI is InChI=1S/C18H18/c1-3-7-16-9-6-10-17(14-16)12-13-18-11-5-4-8-15(18)2/h4-6,8-11,14H,3,7H2,1-2H3. The van der Waals surface area contributed by atoms with E-state index in [1.165, 1.54) is 17.5 Å². The second kappa shape index (κ2) is 6.07. The monoisotopic (exact) mass is 234 g/mol. The average molecular weight is 234 g/mol. The maximum absolute atomic E-state index is 3.25. The fourth-order valence-corrected chi connectivity index (χ4v) is 1.95. The van der Waals surface area contributed by atoms with Crippen molar-refractivity contribution in [3.05, 3.63) is 70.8 Å². The van der Waals surface area contributed by atoms with Gasteiger partial charge in [0.25, 0.3) is 0 Å². The Morgan fingerprint density at radius 3 is 2.56 bits per heavy atom. The fourth-order valence-electron chi connectivity index (χ4n) is 1.95. The van der Waals surface area contributed by atoms with Crippen LogP contribution in [0.1, 0.15) is 35.6 Å². The first-order chi connectivity index (χ1) is 8.79. The van der Waals surface area contributed by atoms with Crippen LogP contribution in [0.2, 0.25) is 0 Å². The SMILES string of the molecule is CCCc1cccc(C#Cc2ccccc2C)c1. The van der Waals surface area contributed by atoms with Crippen molar-refractivity contribution in [3.8, 4) is 11.8 Å². The largest absolute Gasteiger partial charge is 0.0651 e. The molecule has 0 aliphatic carbocycles. The van der Waals surface area contributed by atoms with Crippen molar-refractivity contribution in [1.29, 1.82) is 0 Å². The third-order valence-corrected chi connectivity index (χ3v) is 2.95. The molecular formula is C18H18. The molecule has 18 heavy (non-hydrogen) atoms. The lowest BCUT2D eigenvalue weighted by Crippen LogP contribution is -1.85. The molecule has 0 heteroatoms. The Morgan fingerprint density at radius 1 is 0.944 bits per heavy atom. The lowest BCUT2D eigenvalue weighted by atomic mass is 10.1. The van der Waals surface area contributed by atoms with Gasteiger partial charge < -0.3 is 0 Å². The second-order valence-corrected chi connectivity index (χ2v) is 4.52. The van der Waals surface area contributed by atoms with Crippen molar-refractivity contribution in [2.45, 2.75) is 26.7 Å². The minimum atomic E-state index is 1.10. The molecule has 0 unspecified atom stereocenters. The molecule has 0 N–H and O–H groups in total. The highest BCUT2D eigenvalue weighted by molar-refractivity contribution is 5.46. The van der Waals surface area contributed by atoms with Crippen LogP contribution in [-0.4, -0.2) is 0 Å². The smallest absolute Gasteiger partial charge is 0.0278 e. The third-order valence-electron chi connectivity index (χ3n) is 2.95. The van der Waals surface area contributed by atoms with Gasteiger partial charge in [-0.05, 0) is 42.7 Å². The average Bonchev–Trinajstić information content (AvgIpc) is 2.39. The normalized spacial score (nSPS) is 9.67. The summed E-state index contributed by atoms with van der Waals surface area (Å²) in [4.78, 5) is 0. The van der Waals surface area contributed by atoms with Gasteiger partial charge in [0.2, 0.25) is 0 Å². The van der Waals surface area contributed by atoms with Crippen LogP contribution in [0.3, 0.4) is 0 Å². The first-order valence-corrected chi connectivity index (χ1v) is 6.46. The zero-order valence-corrected chi connectivity index (χ0v) is 11.0. The Kier molecular flexibility index (Phi) is 4.20. The van der Waals surface area contributed by atoms with E-state index in [0.717, 1.165) is 17.5 Å². The van der Waals surface area contributed by atoms with Crippen molar-refractivity contribution in [3.63, 3.8) is 0 Å². The van der Waals surface area contributed by atoms with E-state index in [-0.39, 0.29) is 0 Å². The molecule has 0 saturated carbocycles. The van der Waals surface area contributed by atoms with Gasteiger partial charge in [-0.1, -0.05) is 55.5 Å². The molecule has 0 atom stereocenters. The Labute approximate surface area is 110 Å². The minimum Gasteiger partial charge on any atom is -0.0651 e. The molecule has 0 aliphatic rings. The number of aryl methyl sites for hydroxylation is 2. The summed E-state index contributed by atoms with van der Waals surface area (Å²) < 4.78 is 0. The lowest BCUT2D eigenvalue weighted by Gasteiger charge is -1.99. The van der Waals surface area contributed by atoms with Crippen LogP contribution in [0.25, 0.3) is 0 Å². The van der Waals surface area contributed by atoms with E-state index in [0.29, 0.717) is 0 Å². The highest BCUT2D eigenvalue weighted by atomic mass is 14.0. The number of benzene rings is 2. The van der Waals surface area contributed by atoms with Gasteiger partial charge in [-0.25, -0.2) is 0 Å². The highest BCUT2D eigenvalue weighted by Gasteiger charge is 1.93. The van der Waals surface area contributed by atoms with E-state index >= 15 is 0 Å². The Balaban J connectivity index is 2.25. The molecule has 0 radical (unpaired) electrons. The third kappa shape index (κ3) is 3.25. The molecule has 0 amide bonds. The topological polar surface area (TPSA) is 0 Å². The van der Waals surface area contributed by atoms with Gasteiger partial charge in [0.05, 0.1) is 0 Å². The van der Waals surface area contributed by atoms with E-state index in [1.54, 1.807) is 0 Å². The van der Waals surface area contributed by atoms with E-state index < -0.39 is 0 Å². The first kappa shape index (κ1) is 12.5. The van der Waals surface area contributed by atoms with E-state index in [4.69, 9.17) is 0 Å². The van der Waals surface area contributed by atoms with Crippen LogP contribution < -0.4 is 0 Å². The second-order valence-electron chi connectivity index (χ2n) is 4.52. The van der Waals surface area contributed by atoms with Gasteiger partial charge in [-0.3, -0.25) is 0 Å². The Hall–Kier alpha value is -2.00. The molecule has 0 spiro atoms. The van der Waals surface area contributed by atoms with Gasteiger partial charge >= 0.3 is 0 Å². The predicted octanol–water partition coefficient (Wildman–Crippen LogP) is 4.35. The van der Waals surface area contributed by atoms with Crippen LogP contribution in [0, 0.1) is 18.8 Å². The summed E-state index contributed by atoms with van der Waals surface area (Å²) in [5.74, 6) is 6.50. The number of rotatable bonds is 2. The zero-order chi connectivity index (χ0) is 12.8. The summed E-state index contributed by atoms with van der Waals surface area (Å²) in [6, 6.07) is 16.8. The molecular weight excluding hydrogens is 216 g/mol. The van der Waals surface area contributed by atoms with Crippen LogP contribution in [0.15, 0.2) is 48.5 Å². The summed E-state index contributed by atoms with van der Waals surface area (Å²) >= 11 is 0.